The number of carbonyl (C=O) groups excluding carboxylic acids is 1. The van der Waals surface area contributed by atoms with Crippen LogP contribution in [0.4, 0.5) is 0 Å². The van der Waals surface area contributed by atoms with Crippen molar-refractivity contribution < 1.29 is 9.53 Å². The molecule has 0 heterocycles. The summed E-state index contributed by atoms with van der Waals surface area (Å²) >= 11 is 0. The van der Waals surface area contributed by atoms with Crippen molar-refractivity contribution in [1.29, 1.82) is 0 Å². The van der Waals surface area contributed by atoms with E-state index in [4.69, 9.17) is 4.74 Å². The van der Waals surface area contributed by atoms with Crippen molar-refractivity contribution >= 4 is 5.97 Å². The Morgan fingerprint density at radius 1 is 1.50 bits per heavy atom. The molecule has 3 nitrogen and oxygen atoms in total. The molecule has 0 radical (unpaired) electrons. The quantitative estimate of drug-likeness (QED) is 0.787. The predicted octanol–water partition coefficient (Wildman–Crippen LogP) is 1.97. The van der Waals surface area contributed by atoms with Crippen molar-refractivity contribution in [3.8, 4) is 0 Å². The van der Waals surface area contributed by atoms with Gasteiger partial charge in [-0.3, -0.25) is 0 Å². The molecular weight excluding hydrogens is 202 g/mol. The molecule has 1 N–H and O–H groups in total. The second-order valence-corrected chi connectivity index (χ2v) is 4.35. The van der Waals surface area contributed by atoms with Crippen LogP contribution in [0.2, 0.25) is 0 Å². The third-order valence-electron chi connectivity index (χ3n) is 3.09. The smallest absolute Gasteiger partial charge is 0.338 e. The van der Waals surface area contributed by atoms with E-state index >= 15 is 0 Å². The Morgan fingerprint density at radius 3 is 2.81 bits per heavy atom. The molecule has 2 rings (SSSR count). The second-order valence-electron chi connectivity index (χ2n) is 4.35. The van der Waals surface area contributed by atoms with Gasteiger partial charge in [0.2, 0.25) is 0 Å². The SMILES string of the molecule is COC(=O)c1ccccc1CNC1CC1C. The van der Waals surface area contributed by atoms with E-state index in [-0.39, 0.29) is 5.97 Å². The number of methoxy groups -OCH3 is 1. The van der Waals surface area contributed by atoms with E-state index in [1.54, 1.807) is 6.07 Å². The van der Waals surface area contributed by atoms with Crippen LogP contribution in [0.5, 0.6) is 0 Å². The van der Waals surface area contributed by atoms with E-state index in [2.05, 4.69) is 12.2 Å². The maximum absolute atomic E-state index is 11.5. The Bertz CT molecular complexity index is 389. The van der Waals surface area contributed by atoms with Crippen LogP contribution in [0.25, 0.3) is 0 Å². The maximum atomic E-state index is 11.5. The fourth-order valence-corrected chi connectivity index (χ4v) is 1.83. The molecule has 0 aliphatic heterocycles. The predicted molar refractivity (Wildman–Crippen MR) is 62.2 cm³/mol. The summed E-state index contributed by atoms with van der Waals surface area (Å²) in [6, 6.07) is 8.19. The van der Waals surface area contributed by atoms with Crippen molar-refractivity contribution in [2.24, 2.45) is 5.92 Å². The first-order chi connectivity index (χ1) is 7.72. The van der Waals surface area contributed by atoms with E-state index in [0.717, 1.165) is 18.0 Å². The summed E-state index contributed by atoms with van der Waals surface area (Å²) in [6.45, 7) is 2.96. The van der Waals surface area contributed by atoms with Crippen LogP contribution in [0, 0.1) is 5.92 Å². The monoisotopic (exact) mass is 219 g/mol. The van der Waals surface area contributed by atoms with Gasteiger partial charge in [0.15, 0.2) is 0 Å². The fourth-order valence-electron chi connectivity index (χ4n) is 1.83. The lowest BCUT2D eigenvalue weighted by Gasteiger charge is -2.08. The van der Waals surface area contributed by atoms with Gasteiger partial charge in [0.25, 0.3) is 0 Å². The van der Waals surface area contributed by atoms with Gasteiger partial charge in [-0.1, -0.05) is 25.1 Å². The van der Waals surface area contributed by atoms with Crippen molar-refractivity contribution in [3.05, 3.63) is 35.4 Å². The van der Waals surface area contributed by atoms with E-state index < -0.39 is 0 Å². The van der Waals surface area contributed by atoms with Crippen LogP contribution in [0.1, 0.15) is 29.3 Å². The van der Waals surface area contributed by atoms with Crippen LogP contribution in [-0.2, 0) is 11.3 Å². The number of ether oxygens (including phenoxy) is 1. The van der Waals surface area contributed by atoms with Gasteiger partial charge in [-0.2, -0.15) is 0 Å². The highest BCUT2D eigenvalue weighted by molar-refractivity contribution is 5.90. The zero-order valence-electron chi connectivity index (χ0n) is 9.69. The Kier molecular flexibility index (Phi) is 3.25. The third-order valence-corrected chi connectivity index (χ3v) is 3.09. The number of nitrogens with one attached hydrogen (secondary N) is 1. The van der Waals surface area contributed by atoms with Gasteiger partial charge in [-0.15, -0.1) is 0 Å². The van der Waals surface area contributed by atoms with Gasteiger partial charge in [0, 0.05) is 12.6 Å². The average molecular weight is 219 g/mol. The first-order valence-electron chi connectivity index (χ1n) is 5.62. The van der Waals surface area contributed by atoms with Gasteiger partial charge in [0.1, 0.15) is 0 Å². The molecule has 1 aliphatic carbocycles. The van der Waals surface area contributed by atoms with E-state index in [9.17, 15) is 4.79 Å². The van der Waals surface area contributed by atoms with Crippen molar-refractivity contribution in [2.45, 2.75) is 25.9 Å². The normalized spacial score (nSPS) is 22.9. The average Bonchev–Trinajstić information content (AvgIpc) is 3.02. The molecule has 1 aromatic carbocycles. The number of hydrogen-bond acceptors (Lipinski definition) is 3. The summed E-state index contributed by atoms with van der Waals surface area (Å²) in [5.41, 5.74) is 1.67. The van der Waals surface area contributed by atoms with Crippen molar-refractivity contribution in [1.82, 2.24) is 5.32 Å². The summed E-state index contributed by atoms with van der Waals surface area (Å²) in [5.74, 6) is 0.506. The Labute approximate surface area is 95.8 Å². The Morgan fingerprint density at radius 2 is 2.19 bits per heavy atom. The van der Waals surface area contributed by atoms with Crippen molar-refractivity contribution in [2.75, 3.05) is 7.11 Å². The maximum Gasteiger partial charge on any atom is 0.338 e. The molecule has 0 bridgehead atoms. The number of rotatable bonds is 4. The van der Waals surface area contributed by atoms with E-state index in [1.165, 1.54) is 13.5 Å². The fraction of sp³-hybridized carbons (Fsp3) is 0.462. The first kappa shape index (κ1) is 11.1. The molecule has 1 fully saturated rings. The molecule has 1 saturated carbocycles. The Balaban J connectivity index is 2.04. The molecule has 2 unspecified atom stereocenters. The molecule has 16 heavy (non-hydrogen) atoms. The number of carbonyl (C=O) groups is 1. The van der Waals surface area contributed by atoms with Gasteiger partial charge in [-0.05, 0) is 24.0 Å². The summed E-state index contributed by atoms with van der Waals surface area (Å²) in [6.07, 6.45) is 1.24. The molecule has 3 heteroatoms. The van der Waals surface area contributed by atoms with Gasteiger partial charge >= 0.3 is 5.97 Å². The van der Waals surface area contributed by atoms with Crippen LogP contribution in [-0.4, -0.2) is 19.1 Å². The molecule has 0 aromatic heterocycles. The second kappa shape index (κ2) is 4.66. The standard InChI is InChI=1S/C13H17NO2/c1-9-7-12(9)14-8-10-5-3-4-6-11(10)13(15)16-2/h3-6,9,12,14H,7-8H2,1-2H3. The van der Waals surface area contributed by atoms with Crippen LogP contribution < -0.4 is 5.32 Å². The van der Waals surface area contributed by atoms with Crippen LogP contribution in [0.3, 0.4) is 0 Å². The minimum absolute atomic E-state index is 0.263. The van der Waals surface area contributed by atoms with Gasteiger partial charge in [0.05, 0.1) is 12.7 Å². The Hall–Kier alpha value is -1.35. The van der Waals surface area contributed by atoms with E-state index in [0.29, 0.717) is 11.6 Å². The third kappa shape index (κ3) is 2.42. The highest BCUT2D eigenvalue weighted by atomic mass is 16.5. The van der Waals surface area contributed by atoms with Crippen LogP contribution in [0.15, 0.2) is 24.3 Å². The number of benzene rings is 1. The molecule has 0 spiro atoms. The highest BCUT2D eigenvalue weighted by Crippen LogP contribution is 2.29. The minimum Gasteiger partial charge on any atom is -0.465 e. The zero-order valence-corrected chi connectivity index (χ0v) is 9.69. The molecule has 0 amide bonds. The number of esters is 1. The van der Waals surface area contributed by atoms with E-state index in [1.807, 2.05) is 18.2 Å². The molecular formula is C13H17NO2. The molecule has 1 aromatic rings. The lowest BCUT2D eigenvalue weighted by molar-refractivity contribution is 0.0599. The minimum atomic E-state index is -0.263. The summed E-state index contributed by atoms with van der Waals surface area (Å²) in [4.78, 5) is 11.5. The van der Waals surface area contributed by atoms with Crippen molar-refractivity contribution in [3.63, 3.8) is 0 Å². The molecule has 1 aliphatic rings. The van der Waals surface area contributed by atoms with Crippen LogP contribution >= 0.6 is 0 Å². The topological polar surface area (TPSA) is 38.3 Å². The summed E-state index contributed by atoms with van der Waals surface area (Å²) in [7, 11) is 1.41. The lowest BCUT2D eigenvalue weighted by atomic mass is 10.1. The summed E-state index contributed by atoms with van der Waals surface area (Å²) in [5, 5.41) is 3.43. The highest BCUT2D eigenvalue weighted by Gasteiger charge is 2.31. The number of hydrogen-bond donors (Lipinski definition) is 1. The largest absolute Gasteiger partial charge is 0.465 e. The first-order valence-corrected chi connectivity index (χ1v) is 5.62. The molecule has 86 valence electrons. The molecule has 0 saturated heterocycles. The zero-order chi connectivity index (χ0) is 11.5. The molecule has 2 atom stereocenters. The van der Waals surface area contributed by atoms with Gasteiger partial charge < -0.3 is 10.1 Å². The lowest BCUT2D eigenvalue weighted by Crippen LogP contribution is -2.19. The summed E-state index contributed by atoms with van der Waals surface area (Å²) < 4.78 is 4.75. The van der Waals surface area contributed by atoms with Gasteiger partial charge in [-0.25, -0.2) is 4.79 Å².